The summed E-state index contributed by atoms with van der Waals surface area (Å²) in [6.45, 7) is 3.93. The summed E-state index contributed by atoms with van der Waals surface area (Å²) >= 11 is 0.858. The fourth-order valence-corrected chi connectivity index (χ4v) is 3.16. The van der Waals surface area contributed by atoms with Crippen LogP contribution in [-0.4, -0.2) is 44.9 Å². The molecule has 0 aliphatic carbocycles. The van der Waals surface area contributed by atoms with Crippen LogP contribution in [0.1, 0.15) is 26.0 Å². The van der Waals surface area contributed by atoms with E-state index >= 15 is 0 Å². The van der Waals surface area contributed by atoms with Gasteiger partial charge < -0.3 is 9.84 Å². The van der Waals surface area contributed by atoms with Gasteiger partial charge in [-0.25, -0.2) is 4.98 Å². The minimum atomic E-state index is -4.59. The molecule has 1 N–H and O–H groups in total. The number of hydrogen-bond acceptors (Lipinski definition) is 6. The molecule has 0 bridgehead atoms. The number of aliphatic hydroxyl groups excluding tert-OH is 1. The average Bonchev–Trinajstić information content (AvgIpc) is 2.46. The molecule has 9 heteroatoms. The van der Waals surface area contributed by atoms with Gasteiger partial charge >= 0.3 is 6.18 Å². The third-order valence-electron chi connectivity index (χ3n) is 3.28. The number of ether oxygens (including phenoxy) is 1. The van der Waals surface area contributed by atoms with E-state index in [0.29, 0.717) is 12.6 Å². The van der Waals surface area contributed by atoms with Crippen LogP contribution in [-0.2, 0) is 15.7 Å². The van der Waals surface area contributed by atoms with E-state index in [0.717, 1.165) is 18.0 Å². The number of ketones is 1. The SMILES string of the molecule is CC(C)C[C@H]1OC[C@H](Sc2cncc(C(F)(F)F)n2)[C@@H](O)C1=O. The molecule has 1 aromatic rings. The van der Waals surface area contributed by atoms with E-state index in [1.54, 1.807) is 0 Å². The van der Waals surface area contributed by atoms with Crippen LogP contribution >= 0.6 is 11.8 Å². The number of thioether (sulfide) groups is 1. The highest BCUT2D eigenvalue weighted by Gasteiger charge is 2.39. The number of halogens is 3. The van der Waals surface area contributed by atoms with Crippen molar-refractivity contribution in [1.29, 1.82) is 0 Å². The molecule has 0 amide bonds. The molecule has 3 atom stereocenters. The van der Waals surface area contributed by atoms with Crippen molar-refractivity contribution in [2.24, 2.45) is 5.92 Å². The Bertz CT molecular complexity index is 568. The van der Waals surface area contributed by atoms with Crippen molar-refractivity contribution in [3.05, 3.63) is 18.1 Å². The van der Waals surface area contributed by atoms with Gasteiger partial charge in [-0.2, -0.15) is 13.2 Å². The average molecular weight is 350 g/mol. The van der Waals surface area contributed by atoms with Crippen molar-refractivity contribution in [1.82, 2.24) is 9.97 Å². The minimum absolute atomic E-state index is 0.0115. The largest absolute Gasteiger partial charge is 0.434 e. The summed E-state index contributed by atoms with van der Waals surface area (Å²) in [7, 11) is 0. The molecule has 1 aliphatic heterocycles. The Balaban J connectivity index is 2.06. The molecule has 0 saturated carbocycles. The number of alkyl halides is 3. The van der Waals surface area contributed by atoms with Gasteiger partial charge in [0.15, 0.2) is 11.5 Å². The number of aromatic nitrogens is 2. The van der Waals surface area contributed by atoms with Crippen LogP contribution in [0.15, 0.2) is 17.4 Å². The van der Waals surface area contributed by atoms with E-state index in [-0.39, 0.29) is 17.6 Å². The van der Waals surface area contributed by atoms with Gasteiger partial charge in [-0.05, 0) is 12.3 Å². The lowest BCUT2D eigenvalue weighted by Crippen LogP contribution is -2.48. The number of nitrogens with zero attached hydrogens (tertiary/aromatic N) is 2. The first-order valence-corrected chi connectivity index (χ1v) is 7.95. The molecule has 1 aliphatic rings. The van der Waals surface area contributed by atoms with E-state index in [9.17, 15) is 23.1 Å². The number of hydrogen-bond donors (Lipinski definition) is 1. The van der Waals surface area contributed by atoms with E-state index in [4.69, 9.17) is 4.74 Å². The van der Waals surface area contributed by atoms with Crippen molar-refractivity contribution in [3.8, 4) is 0 Å². The van der Waals surface area contributed by atoms with Crippen LogP contribution in [0.25, 0.3) is 0 Å². The van der Waals surface area contributed by atoms with Gasteiger partial charge in [-0.3, -0.25) is 9.78 Å². The number of carbonyl (C=O) groups excluding carboxylic acids is 1. The summed E-state index contributed by atoms with van der Waals surface area (Å²) in [5, 5.41) is 9.37. The highest BCUT2D eigenvalue weighted by Crippen LogP contribution is 2.32. The molecule has 23 heavy (non-hydrogen) atoms. The molecule has 0 radical (unpaired) electrons. The maximum atomic E-state index is 12.6. The molecule has 128 valence electrons. The lowest BCUT2D eigenvalue weighted by molar-refractivity contribution is -0.148. The Labute approximate surface area is 135 Å². The number of rotatable bonds is 4. The van der Waals surface area contributed by atoms with Crippen molar-refractivity contribution < 1.29 is 27.8 Å². The standard InChI is InChI=1S/C14H17F3N2O3S/c1-7(2)3-8-12(20)13(21)9(6-22-8)23-11-5-18-4-10(19-11)14(15,16)17/h4-5,7-9,13,21H,3,6H2,1-2H3/t8-,9+,13-/m1/s1. The second-order valence-electron chi connectivity index (χ2n) is 5.70. The normalized spacial score (nSPS) is 25.9. The molecular formula is C14H17F3N2O3S. The summed E-state index contributed by atoms with van der Waals surface area (Å²) in [4.78, 5) is 19.1. The maximum absolute atomic E-state index is 12.6. The molecule has 5 nitrogen and oxygen atoms in total. The first-order chi connectivity index (χ1) is 10.7. The Morgan fingerprint density at radius 3 is 2.74 bits per heavy atom. The predicted molar refractivity (Wildman–Crippen MR) is 76.9 cm³/mol. The lowest BCUT2D eigenvalue weighted by atomic mass is 9.96. The molecule has 1 fully saturated rings. The molecule has 2 heterocycles. The maximum Gasteiger partial charge on any atom is 0.434 e. The lowest BCUT2D eigenvalue weighted by Gasteiger charge is -2.32. The van der Waals surface area contributed by atoms with Gasteiger partial charge in [-0.15, -0.1) is 0 Å². The summed E-state index contributed by atoms with van der Waals surface area (Å²) in [6, 6.07) is 0. The van der Waals surface area contributed by atoms with Crippen LogP contribution in [0, 0.1) is 5.92 Å². The third kappa shape index (κ3) is 4.65. The van der Waals surface area contributed by atoms with Gasteiger partial charge in [0, 0.05) is 0 Å². The van der Waals surface area contributed by atoms with Crippen molar-refractivity contribution in [2.75, 3.05) is 6.61 Å². The Morgan fingerprint density at radius 2 is 2.13 bits per heavy atom. The van der Waals surface area contributed by atoms with E-state index in [1.165, 1.54) is 0 Å². The summed E-state index contributed by atoms with van der Waals surface area (Å²) in [6.07, 6.45) is -4.28. The quantitative estimate of drug-likeness (QED) is 0.899. The monoisotopic (exact) mass is 350 g/mol. The highest BCUT2D eigenvalue weighted by molar-refractivity contribution is 8.00. The number of Topliss-reactive ketones (excluding diaryl/α,β-unsaturated/α-hetero) is 1. The fraction of sp³-hybridized carbons (Fsp3) is 0.643. The van der Waals surface area contributed by atoms with E-state index in [1.807, 2.05) is 13.8 Å². The zero-order chi connectivity index (χ0) is 17.2. The molecule has 2 rings (SSSR count). The molecule has 0 unspecified atom stereocenters. The van der Waals surface area contributed by atoms with Crippen molar-refractivity contribution in [3.63, 3.8) is 0 Å². The van der Waals surface area contributed by atoms with Crippen LogP contribution in [0.2, 0.25) is 0 Å². The molecule has 1 aromatic heterocycles. The third-order valence-corrected chi connectivity index (χ3v) is 4.42. The van der Waals surface area contributed by atoms with Gasteiger partial charge in [0.2, 0.25) is 0 Å². The predicted octanol–water partition coefficient (Wildman–Crippen LogP) is 2.33. The fourth-order valence-electron chi connectivity index (χ4n) is 2.17. The first kappa shape index (κ1) is 18.2. The number of aliphatic hydroxyl groups is 1. The van der Waals surface area contributed by atoms with Gasteiger partial charge in [0.05, 0.1) is 24.3 Å². The second kappa shape index (κ2) is 7.14. The Hall–Kier alpha value is -1.19. The van der Waals surface area contributed by atoms with E-state index < -0.39 is 35.1 Å². The van der Waals surface area contributed by atoms with Crippen LogP contribution in [0.3, 0.4) is 0 Å². The van der Waals surface area contributed by atoms with Gasteiger partial charge in [0.25, 0.3) is 0 Å². The molecule has 1 saturated heterocycles. The first-order valence-electron chi connectivity index (χ1n) is 7.07. The highest BCUT2D eigenvalue weighted by atomic mass is 32.2. The smallest absolute Gasteiger partial charge is 0.384 e. The van der Waals surface area contributed by atoms with Crippen LogP contribution in [0.4, 0.5) is 13.2 Å². The van der Waals surface area contributed by atoms with Crippen LogP contribution < -0.4 is 0 Å². The molecule has 0 aromatic carbocycles. The topological polar surface area (TPSA) is 72.3 Å². The van der Waals surface area contributed by atoms with Crippen LogP contribution in [0.5, 0.6) is 0 Å². The zero-order valence-corrected chi connectivity index (χ0v) is 13.4. The zero-order valence-electron chi connectivity index (χ0n) is 12.6. The van der Waals surface area contributed by atoms with Gasteiger partial charge in [0.1, 0.15) is 17.2 Å². The van der Waals surface area contributed by atoms with E-state index in [2.05, 4.69) is 9.97 Å². The van der Waals surface area contributed by atoms with Gasteiger partial charge in [-0.1, -0.05) is 25.6 Å². The minimum Gasteiger partial charge on any atom is -0.384 e. The second-order valence-corrected chi connectivity index (χ2v) is 6.95. The summed E-state index contributed by atoms with van der Waals surface area (Å²) in [5.41, 5.74) is -1.11. The number of carbonyl (C=O) groups is 1. The van der Waals surface area contributed by atoms with Crippen molar-refractivity contribution in [2.45, 2.75) is 48.9 Å². The Morgan fingerprint density at radius 1 is 1.43 bits per heavy atom. The molecular weight excluding hydrogens is 333 g/mol. The Kier molecular flexibility index (Phi) is 5.64. The summed E-state index contributed by atoms with van der Waals surface area (Å²) < 4.78 is 43.3. The molecule has 0 spiro atoms. The summed E-state index contributed by atoms with van der Waals surface area (Å²) in [5.74, 6) is -0.211. The van der Waals surface area contributed by atoms with Crippen molar-refractivity contribution >= 4 is 17.5 Å².